The summed E-state index contributed by atoms with van der Waals surface area (Å²) in [7, 11) is 8.93. The fourth-order valence-electron chi connectivity index (χ4n) is 16.7. The van der Waals surface area contributed by atoms with Crippen LogP contribution >= 0.6 is 24.8 Å². The summed E-state index contributed by atoms with van der Waals surface area (Å²) in [6.07, 6.45) is -4.77. The molecule has 562 valence electrons. The van der Waals surface area contributed by atoms with Crippen molar-refractivity contribution in [3.05, 3.63) is 156 Å². The lowest BCUT2D eigenvalue weighted by atomic mass is 9.55. The summed E-state index contributed by atoms with van der Waals surface area (Å²) in [4.78, 5) is 119. The molecule has 3 aromatic carbocycles. The number of benzene rings is 3. The summed E-state index contributed by atoms with van der Waals surface area (Å²) in [5, 5.41) is 173. The maximum atomic E-state index is 13.3. The van der Waals surface area contributed by atoms with Crippen molar-refractivity contribution >= 4 is 77.2 Å². The number of primary amides is 3. The zero-order chi connectivity index (χ0) is 74.3. The average molecular weight is 1490 g/mol. The van der Waals surface area contributed by atoms with Gasteiger partial charge in [0, 0.05) is 41.1 Å². The van der Waals surface area contributed by atoms with E-state index in [1.54, 1.807) is 64.1 Å². The number of ketones is 6. The van der Waals surface area contributed by atoms with E-state index in [0.29, 0.717) is 16.7 Å². The molecule has 0 aromatic heterocycles. The fourth-order valence-corrected chi connectivity index (χ4v) is 16.7. The standard InChI is InChI=1S/3C22H24N2O8.C2H6O.2ClH.2H2O/c3*1-7-8-5-4-6-9(25)11(8)16(26)12-10(7)17(27)14-15(24(2)3)18(28)13(21(23)31)20(30)22(14,32)19(12)29;1-2-3;;;;/h3*4-7,10,14-15,17,25,27-29,32H,1-3H3,(H2,23,31);3H,2H2,1H3;2*1H;2*1H2/t3*7-,10+,14+,15-,17-,22-;;;;;/m000...../s1. The summed E-state index contributed by atoms with van der Waals surface area (Å²) in [6.45, 7) is 6.96. The molecular formula is C68H84Cl2N6O27. The zero-order valence-corrected chi connectivity index (χ0v) is 58.4. The molecule has 0 bridgehead atoms. The van der Waals surface area contributed by atoms with Crippen molar-refractivity contribution in [3.8, 4) is 17.2 Å². The van der Waals surface area contributed by atoms with Crippen LogP contribution in [-0.4, -0.2) is 262 Å². The number of hydrogen-bond donors (Lipinski definition) is 19. The Balaban J connectivity index is 0.000000267. The average Bonchev–Trinajstić information content (AvgIpc) is 0.702. The van der Waals surface area contributed by atoms with Crippen molar-refractivity contribution in [1.82, 2.24) is 14.7 Å². The molecule has 103 heavy (non-hydrogen) atoms. The molecule has 0 aliphatic heterocycles. The van der Waals surface area contributed by atoms with Crippen molar-refractivity contribution in [1.29, 1.82) is 0 Å². The van der Waals surface area contributed by atoms with Crippen LogP contribution in [0.15, 0.2) is 123 Å². The van der Waals surface area contributed by atoms with Gasteiger partial charge in [-0.2, -0.15) is 0 Å². The van der Waals surface area contributed by atoms with Crippen LogP contribution in [0.2, 0.25) is 0 Å². The first-order valence-electron chi connectivity index (χ1n) is 31.1. The van der Waals surface area contributed by atoms with Crippen LogP contribution in [-0.2, 0) is 28.8 Å². The van der Waals surface area contributed by atoms with E-state index in [0.717, 1.165) is 0 Å². The molecule has 0 spiro atoms. The zero-order valence-electron chi connectivity index (χ0n) is 56.8. The lowest BCUT2D eigenvalue weighted by Gasteiger charge is -2.53. The highest BCUT2D eigenvalue weighted by Crippen LogP contribution is 2.59. The van der Waals surface area contributed by atoms with Gasteiger partial charge in [-0.15, -0.1) is 24.8 Å². The number of carbonyl (C=O) groups excluding carboxylic acids is 9. The number of aliphatic hydroxyl groups excluding tert-OH is 10. The van der Waals surface area contributed by atoms with E-state index in [2.05, 4.69) is 0 Å². The highest BCUT2D eigenvalue weighted by atomic mass is 35.5. The molecule has 0 saturated heterocycles. The summed E-state index contributed by atoms with van der Waals surface area (Å²) < 4.78 is 0. The Morgan fingerprint density at radius 2 is 0.612 bits per heavy atom. The monoisotopic (exact) mass is 1490 g/mol. The van der Waals surface area contributed by atoms with Gasteiger partial charge in [0.05, 0.1) is 70.9 Å². The molecule has 35 heteroatoms. The van der Waals surface area contributed by atoms with E-state index in [9.17, 15) is 120 Å². The molecule has 0 heterocycles. The second kappa shape index (κ2) is 29.5. The summed E-state index contributed by atoms with van der Waals surface area (Å²) in [5.74, 6) is -26.6. The highest BCUT2D eigenvalue weighted by molar-refractivity contribution is 6.27. The molecule has 9 aliphatic carbocycles. The van der Waals surface area contributed by atoms with E-state index < -0.39 is 227 Å². The van der Waals surface area contributed by atoms with E-state index >= 15 is 0 Å². The van der Waals surface area contributed by atoms with Gasteiger partial charge in [-0.1, -0.05) is 57.2 Å². The minimum Gasteiger partial charge on any atom is -0.510 e. The van der Waals surface area contributed by atoms with Crippen LogP contribution in [0.5, 0.6) is 17.2 Å². The van der Waals surface area contributed by atoms with Gasteiger partial charge in [-0.25, -0.2) is 0 Å². The molecule has 3 amide bonds. The number of likely N-dealkylation sites (N-methyl/N-ethyl adjacent to an activating group) is 3. The number of rotatable bonds is 6. The maximum Gasteiger partial charge on any atom is 0.255 e. The number of nitrogens with zero attached hydrogens (tertiary/aromatic N) is 3. The Hall–Kier alpha value is -9.17. The number of phenols is 3. The Morgan fingerprint density at radius 3 is 0.786 bits per heavy atom. The molecule has 3 aromatic rings. The molecule has 18 atom stereocenters. The first-order valence-corrected chi connectivity index (χ1v) is 31.1. The molecule has 0 radical (unpaired) electrons. The predicted octanol–water partition coefficient (Wildman–Crippen LogP) is -1.85. The van der Waals surface area contributed by atoms with Gasteiger partial charge in [0.25, 0.3) is 17.7 Å². The highest BCUT2D eigenvalue weighted by Gasteiger charge is 2.71. The van der Waals surface area contributed by atoms with Crippen molar-refractivity contribution in [2.75, 3.05) is 48.9 Å². The Morgan fingerprint density at radius 1 is 0.417 bits per heavy atom. The topological polar surface area (TPSA) is 628 Å². The fraction of sp³-hybridized carbons (Fsp3) is 0.426. The third kappa shape index (κ3) is 11.8. The second-order valence-electron chi connectivity index (χ2n) is 26.7. The number of phenolic OH excluding ortho intramolecular Hbond substituents is 3. The largest absolute Gasteiger partial charge is 0.510 e. The number of amides is 3. The van der Waals surface area contributed by atoms with Gasteiger partial charge < -0.3 is 110 Å². The van der Waals surface area contributed by atoms with Crippen LogP contribution in [0.3, 0.4) is 0 Å². The van der Waals surface area contributed by atoms with Gasteiger partial charge in [0.15, 0.2) is 34.2 Å². The predicted molar refractivity (Wildman–Crippen MR) is 364 cm³/mol. The maximum absolute atomic E-state index is 13.3. The van der Waals surface area contributed by atoms with Gasteiger partial charge in [0.2, 0.25) is 17.3 Å². The van der Waals surface area contributed by atoms with Gasteiger partial charge in [-0.3, -0.25) is 57.9 Å². The quantitative estimate of drug-likeness (QED) is 0.120. The summed E-state index contributed by atoms with van der Waals surface area (Å²) >= 11 is 0. The van der Waals surface area contributed by atoms with E-state index in [1.165, 1.54) is 75.2 Å². The number of Topliss-reactive ketones (excluding diaryl/α,β-unsaturated/α-hetero) is 6. The Bertz CT molecular complexity index is 3870. The van der Waals surface area contributed by atoms with Crippen LogP contribution in [0, 0.1) is 35.5 Å². The molecule has 0 fully saturated rings. The van der Waals surface area contributed by atoms with Crippen LogP contribution < -0.4 is 17.2 Å². The SMILES string of the molecule is CCO.C[C@H]1c2cccc(O)c2C(=O)C2=C(O)[C@]3(O)C(=O)C(C(N)=O)=C(O)[C@@H](N(C)C)[C@@H]3[C@@H](O)[C@@H]21.C[C@H]1c2cccc(O)c2C(=O)C2=C(O)[C@]3(O)C(=O)C(C(N)=O)=C(O)[C@@H](N(C)C)[C@@H]3[C@@H](O)[C@@H]21.C[C@H]1c2cccc(O)c2C(=O)C2=C(O)[C@]3(O)C(=O)C(C(N)=O)=C(O)[C@@H](N(C)C)[C@@H]3[C@@H](O)[C@@H]21.Cl.Cl.O.O. The first kappa shape index (κ1) is 84.5. The van der Waals surface area contributed by atoms with E-state index in [4.69, 9.17) is 22.3 Å². The second-order valence-corrected chi connectivity index (χ2v) is 26.7. The van der Waals surface area contributed by atoms with E-state index in [-0.39, 0.29) is 76.3 Å². The Labute approximate surface area is 598 Å². The normalized spacial score (nSPS) is 32.2. The molecule has 33 nitrogen and oxygen atoms in total. The number of aromatic hydroxyl groups is 3. The third-order valence-corrected chi connectivity index (χ3v) is 21.0. The molecular weight excluding hydrogens is 1400 g/mol. The van der Waals surface area contributed by atoms with E-state index in [1.807, 2.05) is 0 Å². The molecule has 9 aliphatic rings. The Kier molecular flexibility index (Phi) is 24.2. The van der Waals surface area contributed by atoms with Crippen molar-refractivity contribution in [3.63, 3.8) is 0 Å². The molecule has 12 rings (SSSR count). The van der Waals surface area contributed by atoms with Crippen LogP contribution in [0.25, 0.3) is 0 Å². The van der Waals surface area contributed by atoms with Crippen molar-refractivity contribution < 1.29 is 136 Å². The van der Waals surface area contributed by atoms with Crippen molar-refractivity contribution in [2.45, 2.75) is 98.7 Å². The number of carbonyl (C=O) groups is 9. The number of halogens is 2. The molecule has 0 saturated carbocycles. The van der Waals surface area contributed by atoms with Crippen molar-refractivity contribution in [2.24, 2.45) is 52.7 Å². The smallest absolute Gasteiger partial charge is 0.255 e. The minimum atomic E-state index is -2.89. The lowest BCUT2D eigenvalue weighted by Crippen LogP contribution is -2.68. The molecule has 0 unspecified atom stereocenters. The number of aliphatic hydroxyl groups is 13. The number of fused-ring (bicyclic) bond motifs is 9. The lowest BCUT2D eigenvalue weighted by molar-refractivity contribution is -0.162. The minimum absolute atomic E-state index is 0. The van der Waals surface area contributed by atoms with Gasteiger partial charge in [-0.05, 0) is 102 Å². The third-order valence-electron chi connectivity index (χ3n) is 21.0. The summed E-state index contributed by atoms with van der Waals surface area (Å²) in [6, 6.07) is 9.50. The van der Waals surface area contributed by atoms with Gasteiger partial charge in [0.1, 0.15) is 68.5 Å². The van der Waals surface area contributed by atoms with Gasteiger partial charge >= 0.3 is 0 Å². The first-order chi connectivity index (χ1) is 46.0. The summed E-state index contributed by atoms with van der Waals surface area (Å²) in [5.41, 5.74) is 4.09. The molecule has 26 N–H and O–H groups in total. The number of nitrogens with two attached hydrogens (primary N) is 3. The van der Waals surface area contributed by atoms with Crippen LogP contribution in [0.1, 0.15) is 93.2 Å². The number of hydrogen-bond acceptors (Lipinski definition) is 28. The van der Waals surface area contributed by atoms with Crippen LogP contribution in [0.4, 0.5) is 0 Å².